The summed E-state index contributed by atoms with van der Waals surface area (Å²) in [4.78, 5) is 14.7. The van der Waals surface area contributed by atoms with Crippen LogP contribution in [-0.2, 0) is 22.5 Å². The zero-order valence-corrected chi connectivity index (χ0v) is 16.1. The number of hydrogen-bond donors (Lipinski definition) is 1. The fourth-order valence-electron chi connectivity index (χ4n) is 3.13. The minimum atomic E-state index is -0.537. The van der Waals surface area contributed by atoms with E-state index >= 15 is 0 Å². The quantitative estimate of drug-likeness (QED) is 0.816. The molecule has 1 N–H and O–H groups in total. The number of benzene rings is 2. The lowest BCUT2D eigenvalue weighted by molar-refractivity contribution is -0.127. The summed E-state index contributed by atoms with van der Waals surface area (Å²) < 4.78 is 11.2. The van der Waals surface area contributed by atoms with E-state index in [2.05, 4.69) is 41.4 Å². The van der Waals surface area contributed by atoms with Crippen molar-refractivity contribution in [3.63, 3.8) is 0 Å². The molecule has 0 spiro atoms. The molecule has 1 fully saturated rings. The largest absolute Gasteiger partial charge is 0.481 e. The van der Waals surface area contributed by atoms with Crippen LogP contribution >= 0.6 is 0 Å². The van der Waals surface area contributed by atoms with Crippen LogP contribution in [0.15, 0.2) is 48.5 Å². The van der Waals surface area contributed by atoms with Gasteiger partial charge in [0.25, 0.3) is 5.91 Å². The van der Waals surface area contributed by atoms with Gasteiger partial charge in [0.2, 0.25) is 0 Å². The molecule has 3 rings (SSSR count). The molecular weight excluding hydrogens is 340 g/mol. The maximum atomic E-state index is 12.4. The van der Waals surface area contributed by atoms with Crippen LogP contribution in [0.3, 0.4) is 0 Å². The number of ether oxygens (including phenoxy) is 2. The van der Waals surface area contributed by atoms with Gasteiger partial charge in [-0.05, 0) is 42.7 Å². The molecule has 1 amide bonds. The zero-order valence-electron chi connectivity index (χ0n) is 16.1. The molecule has 1 heterocycles. The Hall–Kier alpha value is -2.53. The summed E-state index contributed by atoms with van der Waals surface area (Å²) >= 11 is 0. The first-order chi connectivity index (χ1) is 13.2. The smallest absolute Gasteiger partial charge is 0.261 e. The molecule has 2 aromatic rings. The predicted octanol–water partition coefficient (Wildman–Crippen LogP) is 3.17. The van der Waals surface area contributed by atoms with E-state index < -0.39 is 6.10 Å². The predicted molar refractivity (Wildman–Crippen MR) is 107 cm³/mol. The highest BCUT2D eigenvalue weighted by atomic mass is 16.5. The van der Waals surface area contributed by atoms with Crippen molar-refractivity contribution in [1.29, 1.82) is 0 Å². The highest BCUT2D eigenvalue weighted by Crippen LogP contribution is 2.20. The highest BCUT2D eigenvalue weighted by Gasteiger charge is 2.16. The van der Waals surface area contributed by atoms with Gasteiger partial charge in [-0.25, -0.2) is 0 Å². The molecule has 1 atom stereocenters. The van der Waals surface area contributed by atoms with E-state index in [4.69, 9.17) is 9.47 Å². The highest BCUT2D eigenvalue weighted by molar-refractivity contribution is 5.80. The average molecular weight is 368 g/mol. The third kappa shape index (κ3) is 5.23. The molecule has 0 aromatic heterocycles. The van der Waals surface area contributed by atoms with E-state index in [9.17, 15) is 4.79 Å². The Morgan fingerprint density at radius 3 is 2.56 bits per heavy atom. The van der Waals surface area contributed by atoms with Crippen LogP contribution in [0.4, 0.5) is 5.69 Å². The second-order valence-corrected chi connectivity index (χ2v) is 6.71. The Labute approximate surface area is 161 Å². The SMILES string of the molecule is CCc1ccccc1O[C@H](C)C(=O)NCc1ccc(N2CCOCC2)cc1. The van der Waals surface area contributed by atoms with Crippen molar-refractivity contribution in [2.45, 2.75) is 32.9 Å². The van der Waals surface area contributed by atoms with Crippen LogP contribution in [-0.4, -0.2) is 38.3 Å². The number of carbonyl (C=O) groups excluding carboxylic acids is 1. The van der Waals surface area contributed by atoms with Crippen molar-refractivity contribution < 1.29 is 14.3 Å². The minimum Gasteiger partial charge on any atom is -0.481 e. The number of para-hydroxylation sites is 1. The van der Waals surface area contributed by atoms with E-state index in [-0.39, 0.29) is 5.91 Å². The van der Waals surface area contributed by atoms with Gasteiger partial charge in [-0.15, -0.1) is 0 Å². The first-order valence-electron chi connectivity index (χ1n) is 9.61. The normalized spacial score (nSPS) is 15.3. The maximum Gasteiger partial charge on any atom is 0.261 e. The number of rotatable bonds is 7. The van der Waals surface area contributed by atoms with Crippen LogP contribution in [0.25, 0.3) is 0 Å². The molecule has 1 aliphatic rings. The molecule has 144 valence electrons. The van der Waals surface area contributed by atoms with E-state index in [1.165, 1.54) is 5.69 Å². The van der Waals surface area contributed by atoms with Crippen molar-refractivity contribution >= 4 is 11.6 Å². The van der Waals surface area contributed by atoms with Crippen LogP contribution in [0, 0.1) is 0 Å². The number of anilines is 1. The third-order valence-electron chi connectivity index (χ3n) is 4.81. The number of nitrogens with zero attached hydrogens (tertiary/aromatic N) is 1. The van der Waals surface area contributed by atoms with Gasteiger partial charge < -0.3 is 19.7 Å². The monoisotopic (exact) mass is 368 g/mol. The number of carbonyl (C=O) groups is 1. The minimum absolute atomic E-state index is 0.113. The molecule has 1 aliphatic heterocycles. The lowest BCUT2D eigenvalue weighted by Gasteiger charge is -2.28. The molecule has 0 saturated carbocycles. The molecule has 5 nitrogen and oxygen atoms in total. The molecule has 5 heteroatoms. The molecule has 27 heavy (non-hydrogen) atoms. The summed E-state index contributed by atoms with van der Waals surface area (Å²) in [7, 11) is 0. The van der Waals surface area contributed by atoms with Crippen LogP contribution in [0.1, 0.15) is 25.0 Å². The van der Waals surface area contributed by atoms with Crippen LogP contribution < -0.4 is 15.0 Å². The third-order valence-corrected chi connectivity index (χ3v) is 4.81. The Morgan fingerprint density at radius 1 is 1.15 bits per heavy atom. The second kappa shape index (κ2) is 9.42. The summed E-state index contributed by atoms with van der Waals surface area (Å²) in [6.45, 7) is 7.74. The number of morpholine rings is 1. The van der Waals surface area contributed by atoms with Gasteiger partial charge in [0.15, 0.2) is 6.10 Å². The lowest BCUT2D eigenvalue weighted by Crippen LogP contribution is -2.36. The zero-order chi connectivity index (χ0) is 19.1. The van der Waals surface area contributed by atoms with Gasteiger partial charge in [0, 0.05) is 25.3 Å². The van der Waals surface area contributed by atoms with E-state index in [0.717, 1.165) is 49.6 Å². The lowest BCUT2D eigenvalue weighted by atomic mass is 10.1. The number of amides is 1. The molecule has 0 aliphatic carbocycles. The Morgan fingerprint density at radius 2 is 1.85 bits per heavy atom. The Balaban J connectivity index is 1.50. The van der Waals surface area contributed by atoms with Gasteiger partial charge in [-0.3, -0.25) is 4.79 Å². The number of hydrogen-bond acceptors (Lipinski definition) is 4. The van der Waals surface area contributed by atoms with Gasteiger partial charge in [-0.2, -0.15) is 0 Å². The maximum absolute atomic E-state index is 12.4. The van der Waals surface area contributed by atoms with Gasteiger partial charge >= 0.3 is 0 Å². The second-order valence-electron chi connectivity index (χ2n) is 6.71. The molecule has 2 aromatic carbocycles. The first kappa shape index (κ1) is 19.2. The van der Waals surface area contributed by atoms with Crippen molar-refractivity contribution in [3.8, 4) is 5.75 Å². The van der Waals surface area contributed by atoms with Crippen molar-refractivity contribution in [3.05, 3.63) is 59.7 Å². The topological polar surface area (TPSA) is 50.8 Å². The van der Waals surface area contributed by atoms with E-state index in [1.54, 1.807) is 6.92 Å². The average Bonchev–Trinajstić information content (AvgIpc) is 2.73. The number of nitrogens with one attached hydrogen (secondary N) is 1. The van der Waals surface area contributed by atoms with Gasteiger partial charge in [0.05, 0.1) is 13.2 Å². The fourth-order valence-corrected chi connectivity index (χ4v) is 3.13. The Bertz CT molecular complexity index is 739. The molecular formula is C22H28N2O3. The molecule has 1 saturated heterocycles. The standard InChI is InChI=1S/C22H28N2O3/c1-3-19-6-4-5-7-21(19)27-17(2)22(25)23-16-18-8-10-20(11-9-18)24-12-14-26-15-13-24/h4-11,17H,3,12-16H2,1-2H3,(H,23,25)/t17-/m1/s1. The summed E-state index contributed by atoms with van der Waals surface area (Å²) in [5.41, 5.74) is 3.37. The molecule has 0 radical (unpaired) electrons. The van der Waals surface area contributed by atoms with Crippen molar-refractivity contribution in [1.82, 2.24) is 5.32 Å². The van der Waals surface area contributed by atoms with Crippen molar-refractivity contribution in [2.24, 2.45) is 0 Å². The van der Waals surface area contributed by atoms with E-state index in [1.807, 2.05) is 24.3 Å². The van der Waals surface area contributed by atoms with Crippen LogP contribution in [0.2, 0.25) is 0 Å². The van der Waals surface area contributed by atoms with Gasteiger partial charge in [-0.1, -0.05) is 37.3 Å². The first-order valence-corrected chi connectivity index (χ1v) is 9.61. The summed E-state index contributed by atoms with van der Waals surface area (Å²) in [5, 5.41) is 2.96. The summed E-state index contributed by atoms with van der Waals surface area (Å²) in [6, 6.07) is 16.2. The van der Waals surface area contributed by atoms with E-state index in [0.29, 0.717) is 6.54 Å². The molecule has 0 unspecified atom stereocenters. The Kier molecular flexibility index (Phi) is 6.71. The van der Waals surface area contributed by atoms with Crippen LogP contribution in [0.5, 0.6) is 5.75 Å². The number of aryl methyl sites for hydroxylation is 1. The van der Waals surface area contributed by atoms with Crippen molar-refractivity contribution in [2.75, 3.05) is 31.2 Å². The summed E-state index contributed by atoms with van der Waals surface area (Å²) in [5.74, 6) is 0.663. The summed E-state index contributed by atoms with van der Waals surface area (Å²) in [6.07, 6.45) is 0.338. The van der Waals surface area contributed by atoms with Gasteiger partial charge in [0.1, 0.15) is 5.75 Å². The fraction of sp³-hybridized carbons (Fsp3) is 0.409. The molecule has 0 bridgehead atoms.